The van der Waals surface area contributed by atoms with Crippen LogP contribution in [0.1, 0.15) is 56.1 Å². The molecule has 1 rings (SSSR count). The van der Waals surface area contributed by atoms with Gasteiger partial charge in [0.25, 0.3) is 0 Å². The van der Waals surface area contributed by atoms with Crippen molar-refractivity contribution in [3.63, 3.8) is 0 Å². The molecule has 0 aliphatic heterocycles. The van der Waals surface area contributed by atoms with Crippen molar-refractivity contribution >= 4 is 17.3 Å². The second-order valence-corrected chi connectivity index (χ2v) is 5.71. The van der Waals surface area contributed by atoms with E-state index in [0.29, 0.717) is 4.88 Å². The fraction of sp³-hybridized carbons (Fsp3) is 0.667. The van der Waals surface area contributed by atoms with Gasteiger partial charge in [-0.1, -0.05) is 26.2 Å². The predicted molar refractivity (Wildman–Crippen MR) is 79.8 cm³/mol. The highest BCUT2D eigenvalue weighted by Gasteiger charge is 2.29. The summed E-state index contributed by atoms with van der Waals surface area (Å²) in [5, 5.41) is 21.8. The lowest BCUT2D eigenvalue weighted by Crippen LogP contribution is -2.29. The Morgan fingerprint density at radius 2 is 2.05 bits per heavy atom. The lowest BCUT2D eigenvalue weighted by atomic mass is 10.0. The summed E-state index contributed by atoms with van der Waals surface area (Å²) in [5.41, 5.74) is 1.02. The zero-order valence-electron chi connectivity index (χ0n) is 12.2. The number of esters is 1. The van der Waals surface area contributed by atoms with Gasteiger partial charge in [0.15, 0.2) is 6.10 Å². The molecule has 2 N–H and O–H groups in total. The predicted octanol–water partition coefficient (Wildman–Crippen LogP) is 2.83. The van der Waals surface area contributed by atoms with E-state index in [9.17, 15) is 15.0 Å². The number of aryl methyl sites for hydroxylation is 1. The first-order valence-corrected chi connectivity index (χ1v) is 8.08. The van der Waals surface area contributed by atoms with Crippen LogP contribution >= 0.6 is 11.3 Å². The first kappa shape index (κ1) is 17.1. The molecule has 2 unspecified atom stereocenters. The molecule has 1 aromatic heterocycles. The fourth-order valence-electron chi connectivity index (χ4n) is 2.06. The average Bonchev–Trinajstić information content (AvgIpc) is 2.90. The molecule has 0 fully saturated rings. The second kappa shape index (κ2) is 9.10. The van der Waals surface area contributed by atoms with E-state index in [4.69, 9.17) is 4.74 Å². The molecule has 0 radical (unpaired) electrons. The zero-order chi connectivity index (χ0) is 15.0. The van der Waals surface area contributed by atoms with Crippen LogP contribution in [0.25, 0.3) is 0 Å². The van der Waals surface area contributed by atoms with Crippen LogP contribution in [0.3, 0.4) is 0 Å². The third kappa shape index (κ3) is 4.89. The summed E-state index contributed by atoms with van der Waals surface area (Å²) >= 11 is 1.37. The van der Waals surface area contributed by atoms with Crippen LogP contribution in [0.15, 0.2) is 11.4 Å². The molecule has 0 spiro atoms. The number of rotatable bonds is 9. The topological polar surface area (TPSA) is 66.8 Å². The van der Waals surface area contributed by atoms with Crippen molar-refractivity contribution in [1.82, 2.24) is 0 Å². The van der Waals surface area contributed by atoms with Crippen molar-refractivity contribution < 1.29 is 19.7 Å². The fourth-order valence-corrected chi connectivity index (χ4v) is 3.02. The lowest BCUT2D eigenvalue weighted by Gasteiger charge is -2.16. The molecular formula is C15H24O4S. The summed E-state index contributed by atoms with van der Waals surface area (Å²) in [4.78, 5) is 12.1. The van der Waals surface area contributed by atoms with Gasteiger partial charge in [-0.3, -0.25) is 0 Å². The summed E-state index contributed by atoms with van der Waals surface area (Å²) in [7, 11) is 0. The van der Waals surface area contributed by atoms with E-state index in [0.717, 1.165) is 24.8 Å². The van der Waals surface area contributed by atoms with Crippen LogP contribution < -0.4 is 0 Å². The Morgan fingerprint density at radius 1 is 1.30 bits per heavy atom. The first-order valence-electron chi connectivity index (χ1n) is 7.20. The molecule has 114 valence electrons. The van der Waals surface area contributed by atoms with Crippen LogP contribution in [-0.4, -0.2) is 28.9 Å². The molecule has 2 atom stereocenters. The van der Waals surface area contributed by atoms with Gasteiger partial charge in [-0.2, -0.15) is 0 Å². The van der Waals surface area contributed by atoms with Gasteiger partial charge in [-0.15, -0.1) is 11.3 Å². The van der Waals surface area contributed by atoms with Crippen molar-refractivity contribution in [2.75, 3.05) is 6.61 Å². The number of aliphatic hydroxyl groups excluding tert-OH is 2. The Kier molecular flexibility index (Phi) is 7.80. The number of hydrogen-bond donors (Lipinski definition) is 2. The van der Waals surface area contributed by atoms with Gasteiger partial charge in [0.2, 0.25) is 0 Å². The maximum atomic E-state index is 11.5. The molecule has 4 nitrogen and oxygen atoms in total. The van der Waals surface area contributed by atoms with E-state index >= 15 is 0 Å². The van der Waals surface area contributed by atoms with Crippen LogP contribution in [0.5, 0.6) is 0 Å². The summed E-state index contributed by atoms with van der Waals surface area (Å²) in [6.07, 6.45) is 2.75. The number of hydrogen-bond acceptors (Lipinski definition) is 5. The Morgan fingerprint density at radius 3 is 2.70 bits per heavy atom. The van der Waals surface area contributed by atoms with Gasteiger partial charge in [0.05, 0.1) is 6.61 Å². The van der Waals surface area contributed by atoms with Crippen molar-refractivity contribution in [2.24, 2.45) is 0 Å². The highest BCUT2D eigenvalue weighted by Crippen LogP contribution is 2.28. The molecule has 0 bridgehead atoms. The quantitative estimate of drug-likeness (QED) is 0.543. The molecular weight excluding hydrogens is 276 g/mol. The maximum Gasteiger partial charge on any atom is 0.338 e. The normalized spacial score (nSPS) is 14.0. The van der Waals surface area contributed by atoms with Gasteiger partial charge >= 0.3 is 5.97 Å². The third-order valence-electron chi connectivity index (χ3n) is 3.18. The zero-order valence-corrected chi connectivity index (χ0v) is 13.0. The number of aliphatic hydroxyl groups is 2. The van der Waals surface area contributed by atoms with E-state index in [-0.39, 0.29) is 6.61 Å². The molecule has 1 heterocycles. The third-order valence-corrected chi connectivity index (χ3v) is 4.21. The Balaban J connectivity index is 2.61. The molecule has 0 saturated carbocycles. The highest BCUT2D eigenvalue weighted by molar-refractivity contribution is 7.10. The largest absolute Gasteiger partial charge is 0.464 e. The molecule has 20 heavy (non-hydrogen) atoms. The number of carbonyl (C=O) groups is 1. The summed E-state index contributed by atoms with van der Waals surface area (Å²) in [6.45, 7) is 4.02. The number of unbranched alkanes of at least 4 members (excludes halogenated alkanes) is 3. The number of thiophene rings is 1. The maximum absolute atomic E-state index is 11.5. The van der Waals surface area contributed by atoms with E-state index < -0.39 is 18.2 Å². The van der Waals surface area contributed by atoms with Crippen LogP contribution in [-0.2, 0) is 16.0 Å². The van der Waals surface area contributed by atoms with Crippen molar-refractivity contribution in [3.05, 3.63) is 21.9 Å². The van der Waals surface area contributed by atoms with Gasteiger partial charge in [-0.25, -0.2) is 4.79 Å². The molecule has 1 aromatic rings. The van der Waals surface area contributed by atoms with Crippen molar-refractivity contribution in [3.8, 4) is 0 Å². The van der Waals surface area contributed by atoms with Crippen LogP contribution in [0, 0.1) is 0 Å². The Labute approximate surface area is 124 Å². The monoisotopic (exact) mass is 300 g/mol. The van der Waals surface area contributed by atoms with Gasteiger partial charge in [0.1, 0.15) is 6.10 Å². The molecule has 0 aliphatic carbocycles. The van der Waals surface area contributed by atoms with Crippen LogP contribution in [0.4, 0.5) is 0 Å². The van der Waals surface area contributed by atoms with Crippen LogP contribution in [0.2, 0.25) is 0 Å². The van der Waals surface area contributed by atoms with Gasteiger partial charge in [-0.05, 0) is 36.8 Å². The SMILES string of the molecule is CCCCCCc1ccsc1C(O)C(O)C(=O)OCC. The molecule has 0 aromatic carbocycles. The van der Waals surface area contributed by atoms with Gasteiger partial charge in [0, 0.05) is 4.88 Å². The average molecular weight is 300 g/mol. The molecule has 0 amide bonds. The van der Waals surface area contributed by atoms with Gasteiger partial charge < -0.3 is 14.9 Å². The Bertz CT molecular complexity index is 402. The summed E-state index contributed by atoms with van der Waals surface area (Å²) in [6, 6.07) is 1.95. The highest BCUT2D eigenvalue weighted by atomic mass is 32.1. The smallest absolute Gasteiger partial charge is 0.338 e. The van der Waals surface area contributed by atoms with E-state index in [2.05, 4.69) is 6.92 Å². The minimum atomic E-state index is -1.51. The van der Waals surface area contributed by atoms with E-state index in [1.807, 2.05) is 11.4 Å². The second-order valence-electron chi connectivity index (χ2n) is 4.76. The minimum Gasteiger partial charge on any atom is -0.464 e. The summed E-state index contributed by atoms with van der Waals surface area (Å²) < 4.78 is 4.73. The lowest BCUT2D eigenvalue weighted by molar-refractivity contribution is -0.159. The number of carbonyl (C=O) groups excluding carboxylic acids is 1. The molecule has 0 aliphatic rings. The van der Waals surface area contributed by atoms with E-state index in [1.165, 1.54) is 24.2 Å². The van der Waals surface area contributed by atoms with Crippen molar-refractivity contribution in [1.29, 1.82) is 0 Å². The molecule has 0 saturated heterocycles. The Hall–Kier alpha value is -0.910. The van der Waals surface area contributed by atoms with Crippen molar-refractivity contribution in [2.45, 2.75) is 58.2 Å². The standard InChI is InChI=1S/C15H24O4S/c1-3-5-6-7-8-11-9-10-20-14(11)12(16)13(17)15(18)19-4-2/h9-10,12-13,16-17H,3-8H2,1-2H3. The number of ether oxygens (including phenoxy) is 1. The molecule has 5 heteroatoms. The van der Waals surface area contributed by atoms with E-state index in [1.54, 1.807) is 6.92 Å². The first-order chi connectivity index (χ1) is 9.61. The summed E-state index contributed by atoms with van der Waals surface area (Å²) in [5.74, 6) is -0.773. The minimum absolute atomic E-state index is 0.191.